The van der Waals surface area contributed by atoms with Gasteiger partial charge in [-0.1, -0.05) is 42.0 Å². The molecule has 1 nitrogen and oxygen atoms in total. The van der Waals surface area contributed by atoms with Crippen LogP contribution in [-0.4, -0.2) is 6.54 Å². The van der Waals surface area contributed by atoms with Crippen molar-refractivity contribution in [1.82, 2.24) is 5.32 Å². The molecule has 0 radical (unpaired) electrons. The molecule has 0 spiro atoms. The fourth-order valence-corrected chi connectivity index (χ4v) is 1.61. The molecule has 1 aromatic rings. The molecule has 0 aromatic heterocycles. The first-order chi connectivity index (χ1) is 7.24. The molecule has 0 aliphatic rings. The summed E-state index contributed by atoms with van der Waals surface area (Å²) in [6.45, 7) is 7.45. The molecule has 0 fully saturated rings. The Balaban J connectivity index is 2.43. The molecule has 0 bridgehead atoms. The zero-order valence-corrected chi connectivity index (χ0v) is 9.96. The largest absolute Gasteiger partial charge is 0.310 e. The lowest BCUT2D eigenvalue weighted by Gasteiger charge is -2.13. The number of hydrogen-bond donors (Lipinski definition) is 1. The number of allylic oxidation sites excluding steroid dienone is 1. The van der Waals surface area contributed by atoms with Crippen LogP contribution in [0.1, 0.15) is 37.4 Å². The summed E-state index contributed by atoms with van der Waals surface area (Å²) in [5.74, 6) is 0. The van der Waals surface area contributed by atoms with Crippen LogP contribution in [0.2, 0.25) is 0 Å². The van der Waals surface area contributed by atoms with E-state index in [4.69, 9.17) is 0 Å². The topological polar surface area (TPSA) is 12.0 Å². The van der Waals surface area contributed by atoms with Crippen molar-refractivity contribution in [3.05, 3.63) is 47.5 Å². The van der Waals surface area contributed by atoms with Gasteiger partial charge in [-0.3, -0.25) is 0 Å². The van der Waals surface area contributed by atoms with Gasteiger partial charge in [0.2, 0.25) is 0 Å². The Kier molecular flexibility index (Phi) is 5.13. The molecule has 1 atom stereocenters. The number of rotatable bonds is 5. The molecule has 0 heterocycles. The summed E-state index contributed by atoms with van der Waals surface area (Å²) in [6, 6.07) is 9.12. The molecule has 0 amide bonds. The molecule has 1 aromatic carbocycles. The maximum atomic E-state index is 3.51. The first-order valence-electron chi connectivity index (χ1n) is 5.65. The summed E-state index contributed by atoms with van der Waals surface area (Å²) in [4.78, 5) is 0. The highest BCUT2D eigenvalue weighted by Crippen LogP contribution is 2.13. The Hall–Kier alpha value is -1.08. The minimum atomic E-state index is 0.440. The zero-order chi connectivity index (χ0) is 11.1. The standard InChI is InChI=1S/C14H21N/c1-4-5-6-10-15-13(3)14-9-7-8-12(2)11-14/h4-5,7-9,11,13,15H,6,10H2,1-3H3/b5-4+. The summed E-state index contributed by atoms with van der Waals surface area (Å²) >= 11 is 0. The van der Waals surface area contributed by atoms with Gasteiger partial charge in [0.15, 0.2) is 0 Å². The van der Waals surface area contributed by atoms with Crippen LogP contribution in [0.3, 0.4) is 0 Å². The first-order valence-corrected chi connectivity index (χ1v) is 5.65. The van der Waals surface area contributed by atoms with Gasteiger partial charge >= 0.3 is 0 Å². The Morgan fingerprint density at radius 2 is 2.20 bits per heavy atom. The van der Waals surface area contributed by atoms with Crippen molar-refractivity contribution in [2.45, 2.75) is 33.2 Å². The molecule has 0 aliphatic carbocycles. The average molecular weight is 203 g/mol. The first kappa shape index (κ1) is 12.0. The van der Waals surface area contributed by atoms with Gasteiger partial charge in [-0.05, 0) is 39.3 Å². The van der Waals surface area contributed by atoms with E-state index in [0.29, 0.717) is 6.04 Å². The molecule has 1 rings (SSSR count). The Morgan fingerprint density at radius 3 is 2.87 bits per heavy atom. The molecular weight excluding hydrogens is 182 g/mol. The highest BCUT2D eigenvalue weighted by molar-refractivity contribution is 5.24. The molecule has 0 saturated carbocycles. The normalized spacial score (nSPS) is 13.3. The van der Waals surface area contributed by atoms with E-state index in [0.717, 1.165) is 13.0 Å². The van der Waals surface area contributed by atoms with Crippen LogP contribution in [0, 0.1) is 6.92 Å². The van der Waals surface area contributed by atoms with Gasteiger partial charge in [0, 0.05) is 6.04 Å². The fraction of sp³-hybridized carbons (Fsp3) is 0.429. The predicted molar refractivity (Wildman–Crippen MR) is 67.0 cm³/mol. The Bertz CT molecular complexity index is 315. The van der Waals surface area contributed by atoms with Crippen molar-refractivity contribution in [3.8, 4) is 0 Å². The van der Waals surface area contributed by atoms with E-state index in [-0.39, 0.29) is 0 Å². The van der Waals surface area contributed by atoms with Gasteiger partial charge < -0.3 is 5.32 Å². The minimum Gasteiger partial charge on any atom is -0.310 e. The third-order valence-corrected chi connectivity index (χ3v) is 2.54. The van der Waals surface area contributed by atoms with Crippen LogP contribution in [0.4, 0.5) is 0 Å². The van der Waals surface area contributed by atoms with E-state index in [1.165, 1.54) is 11.1 Å². The van der Waals surface area contributed by atoms with Crippen molar-refractivity contribution in [2.75, 3.05) is 6.54 Å². The minimum absolute atomic E-state index is 0.440. The van der Waals surface area contributed by atoms with E-state index in [2.05, 4.69) is 62.5 Å². The lowest BCUT2D eigenvalue weighted by atomic mass is 10.1. The van der Waals surface area contributed by atoms with Crippen molar-refractivity contribution >= 4 is 0 Å². The molecule has 1 N–H and O–H groups in total. The Morgan fingerprint density at radius 1 is 1.40 bits per heavy atom. The van der Waals surface area contributed by atoms with Crippen LogP contribution < -0.4 is 5.32 Å². The number of aryl methyl sites for hydroxylation is 1. The summed E-state index contributed by atoms with van der Waals surface area (Å²) in [5, 5.41) is 3.51. The SMILES string of the molecule is C/C=C/CCNC(C)c1cccc(C)c1. The number of benzene rings is 1. The van der Waals surface area contributed by atoms with E-state index < -0.39 is 0 Å². The summed E-state index contributed by atoms with van der Waals surface area (Å²) in [6.07, 6.45) is 5.39. The average Bonchev–Trinajstić information content (AvgIpc) is 2.24. The molecule has 82 valence electrons. The number of hydrogen-bond acceptors (Lipinski definition) is 1. The highest BCUT2D eigenvalue weighted by Gasteiger charge is 2.02. The second-order valence-electron chi connectivity index (χ2n) is 3.95. The molecule has 15 heavy (non-hydrogen) atoms. The third-order valence-electron chi connectivity index (χ3n) is 2.54. The highest BCUT2D eigenvalue weighted by atomic mass is 14.9. The maximum absolute atomic E-state index is 3.51. The Labute approximate surface area is 93.2 Å². The maximum Gasteiger partial charge on any atom is 0.0292 e. The number of nitrogens with one attached hydrogen (secondary N) is 1. The second kappa shape index (κ2) is 6.41. The van der Waals surface area contributed by atoms with Gasteiger partial charge in [-0.25, -0.2) is 0 Å². The summed E-state index contributed by atoms with van der Waals surface area (Å²) < 4.78 is 0. The predicted octanol–water partition coefficient (Wildman–Crippen LogP) is 3.61. The smallest absolute Gasteiger partial charge is 0.0292 e. The van der Waals surface area contributed by atoms with Crippen LogP contribution in [0.25, 0.3) is 0 Å². The molecular formula is C14H21N. The van der Waals surface area contributed by atoms with Gasteiger partial charge in [-0.15, -0.1) is 0 Å². The molecule has 0 saturated heterocycles. The quantitative estimate of drug-likeness (QED) is 0.569. The summed E-state index contributed by atoms with van der Waals surface area (Å²) in [7, 11) is 0. The molecule has 1 unspecified atom stereocenters. The zero-order valence-electron chi connectivity index (χ0n) is 9.96. The van der Waals surface area contributed by atoms with Crippen molar-refractivity contribution in [2.24, 2.45) is 0 Å². The van der Waals surface area contributed by atoms with Crippen LogP contribution in [-0.2, 0) is 0 Å². The second-order valence-corrected chi connectivity index (χ2v) is 3.95. The van der Waals surface area contributed by atoms with Crippen molar-refractivity contribution in [3.63, 3.8) is 0 Å². The monoisotopic (exact) mass is 203 g/mol. The van der Waals surface area contributed by atoms with E-state index in [9.17, 15) is 0 Å². The van der Waals surface area contributed by atoms with Crippen molar-refractivity contribution in [1.29, 1.82) is 0 Å². The van der Waals surface area contributed by atoms with Crippen LogP contribution in [0.15, 0.2) is 36.4 Å². The third kappa shape index (κ3) is 4.30. The van der Waals surface area contributed by atoms with Gasteiger partial charge in [0.25, 0.3) is 0 Å². The van der Waals surface area contributed by atoms with Gasteiger partial charge in [0.05, 0.1) is 0 Å². The van der Waals surface area contributed by atoms with E-state index >= 15 is 0 Å². The van der Waals surface area contributed by atoms with Gasteiger partial charge in [-0.2, -0.15) is 0 Å². The molecule has 0 aliphatic heterocycles. The van der Waals surface area contributed by atoms with E-state index in [1.807, 2.05) is 0 Å². The van der Waals surface area contributed by atoms with Crippen LogP contribution >= 0.6 is 0 Å². The van der Waals surface area contributed by atoms with Crippen LogP contribution in [0.5, 0.6) is 0 Å². The lowest BCUT2D eigenvalue weighted by Crippen LogP contribution is -2.19. The van der Waals surface area contributed by atoms with Gasteiger partial charge in [0.1, 0.15) is 0 Å². The summed E-state index contributed by atoms with van der Waals surface area (Å²) in [5.41, 5.74) is 2.70. The lowest BCUT2D eigenvalue weighted by molar-refractivity contribution is 0.581. The van der Waals surface area contributed by atoms with Crippen molar-refractivity contribution < 1.29 is 0 Å². The fourth-order valence-electron chi connectivity index (χ4n) is 1.61. The molecule has 1 heteroatoms. The van der Waals surface area contributed by atoms with E-state index in [1.54, 1.807) is 0 Å².